The SMILES string of the molecule is COc1ccccc1OCC(=O)NCCc1csc(-c2cccc(C)c2)n1. The Morgan fingerprint density at radius 2 is 1.96 bits per heavy atom. The fourth-order valence-corrected chi connectivity index (χ4v) is 3.45. The van der Waals surface area contributed by atoms with E-state index in [4.69, 9.17) is 9.47 Å². The molecule has 1 amide bonds. The van der Waals surface area contributed by atoms with Crippen LogP contribution in [0.25, 0.3) is 10.6 Å². The van der Waals surface area contributed by atoms with Gasteiger partial charge < -0.3 is 14.8 Å². The largest absolute Gasteiger partial charge is 0.493 e. The third kappa shape index (κ3) is 5.31. The van der Waals surface area contributed by atoms with Crippen molar-refractivity contribution in [1.29, 1.82) is 0 Å². The maximum atomic E-state index is 12.0. The molecule has 3 rings (SSSR count). The Morgan fingerprint density at radius 1 is 1.15 bits per heavy atom. The maximum absolute atomic E-state index is 12.0. The number of hydrogen-bond acceptors (Lipinski definition) is 5. The van der Waals surface area contributed by atoms with Gasteiger partial charge in [-0.25, -0.2) is 4.98 Å². The van der Waals surface area contributed by atoms with Gasteiger partial charge in [0.2, 0.25) is 0 Å². The lowest BCUT2D eigenvalue weighted by molar-refractivity contribution is -0.123. The standard InChI is InChI=1S/C21H22N2O3S/c1-15-6-5-7-16(12-15)21-23-17(14-27-21)10-11-22-20(24)13-26-19-9-4-3-8-18(19)25-2/h3-9,12,14H,10-11,13H2,1-2H3,(H,22,24). The van der Waals surface area contributed by atoms with Gasteiger partial charge in [-0.05, 0) is 25.1 Å². The van der Waals surface area contributed by atoms with Gasteiger partial charge >= 0.3 is 0 Å². The van der Waals surface area contributed by atoms with Crippen LogP contribution in [0.15, 0.2) is 53.9 Å². The fraction of sp³-hybridized carbons (Fsp3) is 0.238. The lowest BCUT2D eigenvalue weighted by Crippen LogP contribution is -2.30. The van der Waals surface area contributed by atoms with Crippen molar-refractivity contribution in [2.75, 3.05) is 20.3 Å². The molecule has 1 aromatic heterocycles. The summed E-state index contributed by atoms with van der Waals surface area (Å²) in [7, 11) is 1.57. The number of nitrogens with zero attached hydrogens (tertiary/aromatic N) is 1. The Morgan fingerprint density at radius 3 is 2.74 bits per heavy atom. The number of amides is 1. The number of nitrogens with one attached hydrogen (secondary N) is 1. The van der Waals surface area contributed by atoms with Crippen molar-refractivity contribution >= 4 is 17.2 Å². The molecule has 3 aromatic rings. The van der Waals surface area contributed by atoms with Crippen molar-refractivity contribution in [2.45, 2.75) is 13.3 Å². The average molecular weight is 382 g/mol. The van der Waals surface area contributed by atoms with Crippen molar-refractivity contribution in [3.05, 3.63) is 65.2 Å². The zero-order valence-corrected chi connectivity index (χ0v) is 16.2. The first-order chi connectivity index (χ1) is 13.2. The lowest BCUT2D eigenvalue weighted by atomic mass is 10.1. The van der Waals surface area contributed by atoms with Gasteiger partial charge in [-0.1, -0.05) is 35.9 Å². The third-order valence-electron chi connectivity index (χ3n) is 3.95. The van der Waals surface area contributed by atoms with Gasteiger partial charge in [-0.2, -0.15) is 0 Å². The number of carbonyl (C=O) groups is 1. The van der Waals surface area contributed by atoms with Gasteiger partial charge in [0.1, 0.15) is 5.01 Å². The zero-order valence-electron chi connectivity index (χ0n) is 15.4. The Hall–Kier alpha value is -2.86. The van der Waals surface area contributed by atoms with Gasteiger partial charge in [-0.15, -0.1) is 11.3 Å². The fourth-order valence-electron chi connectivity index (χ4n) is 2.59. The molecule has 0 radical (unpaired) electrons. The number of hydrogen-bond donors (Lipinski definition) is 1. The predicted octanol–water partition coefficient (Wildman–Crippen LogP) is 3.86. The van der Waals surface area contributed by atoms with Crippen LogP contribution < -0.4 is 14.8 Å². The molecule has 0 aliphatic rings. The highest BCUT2D eigenvalue weighted by molar-refractivity contribution is 7.13. The summed E-state index contributed by atoms with van der Waals surface area (Å²) in [5.74, 6) is 0.990. The molecule has 140 valence electrons. The summed E-state index contributed by atoms with van der Waals surface area (Å²) in [5, 5.41) is 5.89. The summed E-state index contributed by atoms with van der Waals surface area (Å²) in [4.78, 5) is 16.6. The van der Waals surface area contributed by atoms with Gasteiger partial charge in [0.15, 0.2) is 18.1 Å². The second kappa shape index (κ2) is 9.19. The van der Waals surface area contributed by atoms with Crippen molar-refractivity contribution in [3.63, 3.8) is 0 Å². The summed E-state index contributed by atoms with van der Waals surface area (Å²) >= 11 is 1.62. The molecule has 0 aliphatic carbocycles. The summed E-state index contributed by atoms with van der Waals surface area (Å²) in [6.45, 7) is 2.54. The maximum Gasteiger partial charge on any atom is 0.257 e. The van der Waals surface area contributed by atoms with Gasteiger partial charge in [0.25, 0.3) is 5.91 Å². The van der Waals surface area contributed by atoms with Crippen LogP contribution >= 0.6 is 11.3 Å². The molecule has 1 N–H and O–H groups in total. The van der Waals surface area contributed by atoms with E-state index in [0.717, 1.165) is 16.3 Å². The first kappa shape index (κ1) is 18.9. The number of rotatable bonds is 8. The molecular weight excluding hydrogens is 360 g/mol. The van der Waals surface area contributed by atoms with E-state index in [1.54, 1.807) is 30.6 Å². The van der Waals surface area contributed by atoms with Gasteiger partial charge in [0.05, 0.1) is 12.8 Å². The number of benzene rings is 2. The molecule has 0 atom stereocenters. The Labute approximate surface area is 163 Å². The van der Waals surface area contributed by atoms with Crippen LogP contribution in [0.2, 0.25) is 0 Å². The Balaban J connectivity index is 1.45. The molecule has 0 spiro atoms. The van der Waals surface area contributed by atoms with Crippen LogP contribution in [0.1, 0.15) is 11.3 Å². The van der Waals surface area contributed by atoms with Gasteiger partial charge in [0, 0.05) is 23.9 Å². The molecule has 1 heterocycles. The second-order valence-corrected chi connectivity index (χ2v) is 6.91. The van der Waals surface area contributed by atoms with Crippen LogP contribution in [-0.2, 0) is 11.2 Å². The lowest BCUT2D eigenvalue weighted by Gasteiger charge is -2.10. The number of ether oxygens (including phenoxy) is 2. The minimum Gasteiger partial charge on any atom is -0.493 e. The summed E-state index contributed by atoms with van der Waals surface area (Å²) in [5.41, 5.74) is 3.31. The smallest absolute Gasteiger partial charge is 0.257 e. The third-order valence-corrected chi connectivity index (χ3v) is 4.89. The number of thiazole rings is 1. The second-order valence-electron chi connectivity index (χ2n) is 6.05. The number of aryl methyl sites for hydroxylation is 1. The monoisotopic (exact) mass is 382 g/mol. The predicted molar refractivity (Wildman–Crippen MR) is 107 cm³/mol. The minimum atomic E-state index is -0.171. The molecule has 6 heteroatoms. The first-order valence-electron chi connectivity index (χ1n) is 8.69. The highest BCUT2D eigenvalue weighted by Gasteiger charge is 2.08. The summed E-state index contributed by atoms with van der Waals surface area (Å²) in [6, 6.07) is 15.5. The average Bonchev–Trinajstić information content (AvgIpc) is 3.15. The van der Waals surface area contributed by atoms with Crippen LogP contribution in [0.5, 0.6) is 11.5 Å². The molecule has 2 aromatic carbocycles. The van der Waals surface area contributed by atoms with Crippen molar-refractivity contribution in [2.24, 2.45) is 0 Å². The topological polar surface area (TPSA) is 60.5 Å². The molecule has 0 bridgehead atoms. The number of carbonyl (C=O) groups excluding carboxylic acids is 1. The van der Waals surface area contributed by atoms with Crippen LogP contribution in [0, 0.1) is 6.92 Å². The molecule has 0 unspecified atom stereocenters. The van der Waals surface area contributed by atoms with Crippen molar-refractivity contribution < 1.29 is 14.3 Å². The normalized spacial score (nSPS) is 10.4. The molecule has 0 saturated carbocycles. The van der Waals surface area contributed by atoms with E-state index in [1.807, 2.05) is 23.6 Å². The minimum absolute atomic E-state index is 0.0496. The molecule has 0 saturated heterocycles. The highest BCUT2D eigenvalue weighted by atomic mass is 32.1. The van der Waals surface area contributed by atoms with Crippen LogP contribution in [-0.4, -0.2) is 31.2 Å². The van der Waals surface area contributed by atoms with Crippen molar-refractivity contribution in [3.8, 4) is 22.1 Å². The van der Waals surface area contributed by atoms with Crippen LogP contribution in [0.3, 0.4) is 0 Å². The molecule has 5 nitrogen and oxygen atoms in total. The molecule has 0 fully saturated rings. The Kier molecular flexibility index (Phi) is 6.44. The van der Waals surface area contributed by atoms with E-state index in [0.29, 0.717) is 24.5 Å². The Bertz CT molecular complexity index is 908. The molecular formula is C21H22N2O3S. The van der Waals surface area contributed by atoms with E-state index in [1.165, 1.54) is 5.56 Å². The van der Waals surface area contributed by atoms with E-state index in [9.17, 15) is 4.79 Å². The van der Waals surface area contributed by atoms with E-state index >= 15 is 0 Å². The van der Waals surface area contributed by atoms with Crippen molar-refractivity contribution in [1.82, 2.24) is 10.3 Å². The number of para-hydroxylation sites is 2. The van der Waals surface area contributed by atoms with Gasteiger partial charge in [-0.3, -0.25) is 4.79 Å². The number of aromatic nitrogens is 1. The van der Waals surface area contributed by atoms with Crippen LogP contribution in [0.4, 0.5) is 0 Å². The van der Waals surface area contributed by atoms with E-state index in [2.05, 4.69) is 35.4 Å². The number of methoxy groups -OCH3 is 1. The van der Waals surface area contributed by atoms with E-state index < -0.39 is 0 Å². The quantitative estimate of drug-likeness (QED) is 0.643. The molecule has 27 heavy (non-hydrogen) atoms. The summed E-state index contributed by atoms with van der Waals surface area (Å²) in [6.07, 6.45) is 0.683. The molecule has 0 aliphatic heterocycles. The highest BCUT2D eigenvalue weighted by Crippen LogP contribution is 2.26. The first-order valence-corrected chi connectivity index (χ1v) is 9.57. The van der Waals surface area contributed by atoms with E-state index in [-0.39, 0.29) is 12.5 Å². The zero-order chi connectivity index (χ0) is 19.1. The summed E-state index contributed by atoms with van der Waals surface area (Å²) < 4.78 is 10.7.